The number of rotatable bonds is 1. The Bertz CT molecular complexity index is 757. The second-order valence-corrected chi connectivity index (χ2v) is 5.24. The van der Waals surface area contributed by atoms with Gasteiger partial charge in [0, 0.05) is 8.96 Å². The van der Waals surface area contributed by atoms with Crippen LogP contribution < -0.4 is 5.63 Å². The minimum atomic E-state index is -0.296. The Morgan fingerprint density at radius 1 is 0.944 bits per heavy atom. The molecular weight excluding hydrogens is 339 g/mol. The van der Waals surface area contributed by atoms with Crippen LogP contribution in [0.25, 0.3) is 22.1 Å². The Hall–Kier alpha value is -1.62. The molecule has 0 fully saturated rings. The predicted octanol–water partition coefficient (Wildman–Crippen LogP) is 4.06. The fourth-order valence-corrected chi connectivity index (χ4v) is 2.25. The molecule has 88 valence electrons. The van der Waals surface area contributed by atoms with Gasteiger partial charge in [0.2, 0.25) is 0 Å². The summed E-state index contributed by atoms with van der Waals surface area (Å²) in [7, 11) is 0. The van der Waals surface area contributed by atoms with Crippen LogP contribution >= 0.6 is 22.6 Å². The van der Waals surface area contributed by atoms with E-state index < -0.39 is 0 Å². The van der Waals surface area contributed by atoms with Crippen molar-refractivity contribution in [2.45, 2.75) is 0 Å². The van der Waals surface area contributed by atoms with Crippen LogP contribution in [0.5, 0.6) is 0 Å². The van der Waals surface area contributed by atoms with Gasteiger partial charge in [-0.3, -0.25) is 0 Å². The van der Waals surface area contributed by atoms with Crippen molar-refractivity contribution >= 4 is 33.6 Å². The molecule has 0 unspecified atom stereocenters. The fourth-order valence-electron chi connectivity index (χ4n) is 1.89. The van der Waals surface area contributed by atoms with Gasteiger partial charge in [0.05, 0.1) is 5.56 Å². The van der Waals surface area contributed by atoms with Crippen LogP contribution in [0, 0.1) is 3.57 Å². The molecule has 1 aromatic heterocycles. The van der Waals surface area contributed by atoms with E-state index in [-0.39, 0.29) is 5.63 Å². The molecule has 0 radical (unpaired) electrons. The Morgan fingerprint density at radius 3 is 2.44 bits per heavy atom. The molecule has 0 saturated carbocycles. The molecule has 0 spiro atoms. The minimum absolute atomic E-state index is 0.296. The van der Waals surface area contributed by atoms with Crippen LogP contribution in [0.3, 0.4) is 0 Å². The largest absolute Gasteiger partial charge is 0.422 e. The zero-order chi connectivity index (χ0) is 12.5. The lowest BCUT2D eigenvalue weighted by Gasteiger charge is -2.02. The summed E-state index contributed by atoms with van der Waals surface area (Å²) < 4.78 is 6.46. The van der Waals surface area contributed by atoms with E-state index >= 15 is 0 Å². The molecule has 2 aromatic carbocycles. The molecule has 3 rings (SSSR count). The van der Waals surface area contributed by atoms with Crippen molar-refractivity contribution in [2.24, 2.45) is 0 Å². The van der Waals surface area contributed by atoms with Gasteiger partial charge < -0.3 is 4.42 Å². The number of hydrogen-bond acceptors (Lipinski definition) is 2. The van der Waals surface area contributed by atoms with Gasteiger partial charge in [-0.2, -0.15) is 0 Å². The van der Waals surface area contributed by atoms with Crippen molar-refractivity contribution in [3.63, 3.8) is 0 Å². The molecule has 0 bridgehead atoms. The van der Waals surface area contributed by atoms with Crippen LogP contribution in [0.1, 0.15) is 0 Å². The van der Waals surface area contributed by atoms with Gasteiger partial charge in [-0.15, -0.1) is 0 Å². The van der Waals surface area contributed by atoms with E-state index in [1.165, 1.54) is 0 Å². The van der Waals surface area contributed by atoms with Crippen LogP contribution in [0.2, 0.25) is 0 Å². The second-order valence-electron chi connectivity index (χ2n) is 3.99. The smallest absolute Gasteiger partial charge is 0.344 e. The SMILES string of the molecule is O=c1oc2ccccc2cc1-c1ccc(I)cc1. The molecule has 1 heterocycles. The van der Waals surface area contributed by atoms with Gasteiger partial charge in [0.25, 0.3) is 0 Å². The highest BCUT2D eigenvalue weighted by molar-refractivity contribution is 14.1. The van der Waals surface area contributed by atoms with Crippen LogP contribution in [0.4, 0.5) is 0 Å². The van der Waals surface area contributed by atoms with Gasteiger partial charge in [-0.1, -0.05) is 30.3 Å². The van der Waals surface area contributed by atoms with Crippen molar-refractivity contribution in [1.82, 2.24) is 0 Å². The third kappa shape index (κ3) is 2.06. The van der Waals surface area contributed by atoms with E-state index in [1.54, 1.807) is 6.07 Å². The molecule has 0 saturated heterocycles. The highest BCUT2D eigenvalue weighted by atomic mass is 127. The summed E-state index contributed by atoms with van der Waals surface area (Å²) in [5.41, 5.74) is 1.81. The zero-order valence-electron chi connectivity index (χ0n) is 9.39. The lowest BCUT2D eigenvalue weighted by molar-refractivity contribution is 0.563. The third-order valence-electron chi connectivity index (χ3n) is 2.80. The van der Waals surface area contributed by atoms with Crippen molar-refractivity contribution in [1.29, 1.82) is 0 Å². The molecular formula is C15H9IO2. The predicted molar refractivity (Wildman–Crippen MR) is 80.6 cm³/mol. The summed E-state index contributed by atoms with van der Waals surface area (Å²) in [4.78, 5) is 12.0. The summed E-state index contributed by atoms with van der Waals surface area (Å²) in [6, 6.07) is 17.2. The molecule has 0 amide bonds. The molecule has 0 aliphatic rings. The van der Waals surface area contributed by atoms with Gasteiger partial charge in [-0.05, 0) is 52.4 Å². The monoisotopic (exact) mass is 348 g/mol. The van der Waals surface area contributed by atoms with Crippen LogP contribution in [-0.2, 0) is 0 Å². The molecule has 0 aliphatic heterocycles. The van der Waals surface area contributed by atoms with E-state index in [1.807, 2.05) is 48.5 Å². The quantitative estimate of drug-likeness (QED) is 0.490. The number of benzene rings is 2. The third-order valence-corrected chi connectivity index (χ3v) is 3.52. The molecule has 0 atom stereocenters. The summed E-state index contributed by atoms with van der Waals surface area (Å²) in [5.74, 6) is 0. The van der Waals surface area contributed by atoms with E-state index in [2.05, 4.69) is 22.6 Å². The molecule has 3 heteroatoms. The molecule has 2 nitrogen and oxygen atoms in total. The Kier molecular flexibility index (Phi) is 2.91. The second kappa shape index (κ2) is 4.57. The maximum Gasteiger partial charge on any atom is 0.344 e. The molecule has 3 aromatic rings. The maximum atomic E-state index is 12.0. The summed E-state index contributed by atoms with van der Waals surface area (Å²) in [6.45, 7) is 0. The highest BCUT2D eigenvalue weighted by Gasteiger charge is 2.06. The van der Waals surface area contributed by atoms with E-state index in [0.717, 1.165) is 14.5 Å². The van der Waals surface area contributed by atoms with Gasteiger partial charge in [-0.25, -0.2) is 4.79 Å². The Labute approximate surface area is 117 Å². The Morgan fingerprint density at radius 2 is 1.67 bits per heavy atom. The first-order valence-electron chi connectivity index (χ1n) is 5.53. The van der Waals surface area contributed by atoms with Crippen molar-refractivity contribution in [3.8, 4) is 11.1 Å². The van der Waals surface area contributed by atoms with E-state index in [9.17, 15) is 4.79 Å². The van der Waals surface area contributed by atoms with Crippen molar-refractivity contribution in [2.75, 3.05) is 0 Å². The lowest BCUT2D eigenvalue weighted by Crippen LogP contribution is -2.02. The normalized spacial score (nSPS) is 10.7. The minimum Gasteiger partial charge on any atom is -0.422 e. The topological polar surface area (TPSA) is 30.2 Å². The average molecular weight is 348 g/mol. The first-order valence-corrected chi connectivity index (χ1v) is 6.61. The number of para-hydroxylation sites is 1. The van der Waals surface area contributed by atoms with E-state index in [4.69, 9.17) is 4.42 Å². The Balaban J connectivity index is 2.26. The fraction of sp³-hybridized carbons (Fsp3) is 0. The first kappa shape index (κ1) is 11.5. The standard InChI is InChI=1S/C15H9IO2/c16-12-7-5-10(6-8-12)13-9-11-3-1-2-4-14(11)18-15(13)17/h1-9H. The first-order chi connectivity index (χ1) is 8.74. The van der Waals surface area contributed by atoms with Gasteiger partial charge in [0.15, 0.2) is 0 Å². The van der Waals surface area contributed by atoms with Crippen molar-refractivity contribution in [3.05, 3.63) is 68.6 Å². The van der Waals surface area contributed by atoms with E-state index in [0.29, 0.717) is 11.1 Å². The van der Waals surface area contributed by atoms with Crippen molar-refractivity contribution < 1.29 is 4.42 Å². The molecule has 0 N–H and O–H groups in total. The van der Waals surface area contributed by atoms with Crippen LogP contribution in [-0.4, -0.2) is 0 Å². The highest BCUT2D eigenvalue weighted by Crippen LogP contribution is 2.21. The zero-order valence-corrected chi connectivity index (χ0v) is 11.5. The number of halogens is 1. The van der Waals surface area contributed by atoms with Crippen LogP contribution in [0.15, 0.2) is 63.8 Å². The molecule has 18 heavy (non-hydrogen) atoms. The van der Waals surface area contributed by atoms with Gasteiger partial charge >= 0.3 is 5.63 Å². The summed E-state index contributed by atoms with van der Waals surface area (Å²) in [6.07, 6.45) is 0. The average Bonchev–Trinajstić information content (AvgIpc) is 2.39. The maximum absolute atomic E-state index is 12.0. The summed E-state index contributed by atoms with van der Waals surface area (Å²) in [5, 5.41) is 0.936. The molecule has 0 aliphatic carbocycles. The summed E-state index contributed by atoms with van der Waals surface area (Å²) >= 11 is 2.24. The number of fused-ring (bicyclic) bond motifs is 1. The number of hydrogen-bond donors (Lipinski definition) is 0. The van der Waals surface area contributed by atoms with Gasteiger partial charge in [0.1, 0.15) is 5.58 Å². The lowest BCUT2D eigenvalue weighted by atomic mass is 10.1.